The predicted octanol–water partition coefficient (Wildman–Crippen LogP) is 2.52. The van der Waals surface area contributed by atoms with Gasteiger partial charge in [-0.3, -0.25) is 0 Å². The van der Waals surface area contributed by atoms with Gasteiger partial charge in [-0.2, -0.15) is 0 Å². The van der Waals surface area contributed by atoms with E-state index in [4.69, 9.17) is 23.2 Å². The quantitative estimate of drug-likeness (QED) is 0.647. The second kappa shape index (κ2) is 2.81. The summed E-state index contributed by atoms with van der Waals surface area (Å²) in [5.41, 5.74) is 0. The standard InChI is InChI=1S/C6H8Cl2N2/c1-3-10-4(2)9-5(7)6(10)8/h3H2,1-2H3. The fourth-order valence-corrected chi connectivity index (χ4v) is 1.38. The summed E-state index contributed by atoms with van der Waals surface area (Å²) in [6.45, 7) is 4.68. The lowest BCUT2D eigenvalue weighted by atomic mass is 10.6. The van der Waals surface area contributed by atoms with Crippen LogP contribution in [0.1, 0.15) is 12.7 Å². The number of aryl methyl sites for hydroxylation is 1. The molecular formula is C6H8Cl2N2. The van der Waals surface area contributed by atoms with Crippen LogP contribution >= 0.6 is 23.2 Å². The Morgan fingerprint density at radius 3 is 2.30 bits per heavy atom. The zero-order valence-electron chi connectivity index (χ0n) is 5.86. The molecule has 0 saturated heterocycles. The van der Waals surface area contributed by atoms with Gasteiger partial charge in [-0.1, -0.05) is 23.2 Å². The number of hydrogen-bond acceptors (Lipinski definition) is 1. The number of rotatable bonds is 1. The molecule has 0 aliphatic rings. The molecule has 0 aliphatic carbocycles. The Hall–Kier alpha value is -0.210. The summed E-state index contributed by atoms with van der Waals surface area (Å²) < 4.78 is 1.85. The van der Waals surface area contributed by atoms with Crippen LogP contribution < -0.4 is 0 Å². The second-order valence-corrected chi connectivity index (χ2v) is 2.70. The number of halogens is 2. The molecule has 0 saturated carbocycles. The van der Waals surface area contributed by atoms with Gasteiger partial charge in [0.2, 0.25) is 0 Å². The molecule has 0 bridgehead atoms. The molecular weight excluding hydrogens is 171 g/mol. The third-order valence-corrected chi connectivity index (χ3v) is 2.12. The molecule has 0 aromatic carbocycles. The van der Waals surface area contributed by atoms with Crippen LogP contribution in [0.2, 0.25) is 10.3 Å². The van der Waals surface area contributed by atoms with Crippen LogP contribution in [0.5, 0.6) is 0 Å². The Kier molecular flexibility index (Phi) is 2.21. The van der Waals surface area contributed by atoms with E-state index in [1.807, 2.05) is 18.4 Å². The van der Waals surface area contributed by atoms with Gasteiger partial charge in [0, 0.05) is 6.54 Å². The number of nitrogens with zero attached hydrogens (tertiary/aromatic N) is 2. The van der Waals surface area contributed by atoms with Crippen molar-refractivity contribution >= 4 is 23.2 Å². The van der Waals surface area contributed by atoms with Crippen molar-refractivity contribution in [2.24, 2.45) is 0 Å². The van der Waals surface area contributed by atoms with Crippen LogP contribution in [0.4, 0.5) is 0 Å². The average molecular weight is 179 g/mol. The van der Waals surface area contributed by atoms with Gasteiger partial charge in [0.25, 0.3) is 0 Å². The predicted molar refractivity (Wildman–Crippen MR) is 42.7 cm³/mol. The highest BCUT2D eigenvalue weighted by Crippen LogP contribution is 2.21. The van der Waals surface area contributed by atoms with Crippen LogP contribution in [-0.2, 0) is 6.54 Å². The molecule has 0 aliphatic heterocycles. The Balaban J connectivity index is 3.20. The summed E-state index contributed by atoms with van der Waals surface area (Å²) in [5, 5.41) is 0.919. The summed E-state index contributed by atoms with van der Waals surface area (Å²) in [7, 11) is 0. The van der Waals surface area contributed by atoms with Crippen molar-refractivity contribution in [1.29, 1.82) is 0 Å². The van der Waals surface area contributed by atoms with E-state index in [0.29, 0.717) is 10.3 Å². The van der Waals surface area contributed by atoms with Crippen molar-refractivity contribution in [1.82, 2.24) is 9.55 Å². The lowest BCUT2D eigenvalue weighted by Gasteiger charge is -1.98. The average Bonchev–Trinajstić information content (AvgIpc) is 2.09. The summed E-state index contributed by atoms with van der Waals surface area (Å²) >= 11 is 11.4. The number of hydrogen-bond donors (Lipinski definition) is 0. The minimum Gasteiger partial charge on any atom is -0.318 e. The van der Waals surface area contributed by atoms with E-state index >= 15 is 0 Å². The van der Waals surface area contributed by atoms with Crippen LogP contribution in [0.15, 0.2) is 0 Å². The van der Waals surface area contributed by atoms with E-state index in [1.54, 1.807) is 0 Å². The Bertz CT molecular complexity index is 242. The largest absolute Gasteiger partial charge is 0.318 e. The third kappa shape index (κ3) is 1.13. The zero-order valence-corrected chi connectivity index (χ0v) is 7.37. The number of aromatic nitrogens is 2. The molecule has 0 amide bonds. The van der Waals surface area contributed by atoms with Gasteiger partial charge in [-0.25, -0.2) is 4.98 Å². The Morgan fingerprint density at radius 1 is 1.50 bits per heavy atom. The van der Waals surface area contributed by atoms with E-state index in [0.717, 1.165) is 12.4 Å². The van der Waals surface area contributed by atoms with E-state index in [2.05, 4.69) is 4.98 Å². The summed E-state index contributed by atoms with van der Waals surface area (Å²) in [6.07, 6.45) is 0. The van der Waals surface area contributed by atoms with Crippen LogP contribution in [0.3, 0.4) is 0 Å². The SMILES string of the molecule is CCn1c(C)nc(Cl)c1Cl. The van der Waals surface area contributed by atoms with Crippen LogP contribution in [0.25, 0.3) is 0 Å². The highest BCUT2D eigenvalue weighted by molar-refractivity contribution is 6.40. The third-order valence-electron chi connectivity index (χ3n) is 1.37. The van der Waals surface area contributed by atoms with E-state index in [-0.39, 0.29) is 0 Å². The first-order chi connectivity index (χ1) is 4.66. The fraction of sp³-hybridized carbons (Fsp3) is 0.500. The molecule has 4 heteroatoms. The molecule has 0 unspecified atom stereocenters. The van der Waals surface area contributed by atoms with Crippen LogP contribution in [0, 0.1) is 6.92 Å². The van der Waals surface area contributed by atoms with Gasteiger partial charge in [0.1, 0.15) is 11.0 Å². The summed E-state index contributed by atoms with van der Waals surface area (Å²) in [6, 6.07) is 0. The summed E-state index contributed by atoms with van der Waals surface area (Å²) in [5.74, 6) is 0.859. The molecule has 1 rings (SSSR count). The molecule has 0 radical (unpaired) electrons. The zero-order chi connectivity index (χ0) is 7.72. The first-order valence-electron chi connectivity index (χ1n) is 3.05. The maximum Gasteiger partial charge on any atom is 0.166 e. The fourth-order valence-electron chi connectivity index (χ4n) is 0.870. The van der Waals surface area contributed by atoms with Gasteiger partial charge in [-0.15, -0.1) is 0 Å². The smallest absolute Gasteiger partial charge is 0.166 e. The minimum absolute atomic E-state index is 0.390. The van der Waals surface area contributed by atoms with Gasteiger partial charge in [-0.05, 0) is 13.8 Å². The summed E-state index contributed by atoms with van der Waals surface area (Å²) in [4.78, 5) is 3.98. The molecule has 1 aromatic rings. The molecule has 2 nitrogen and oxygen atoms in total. The maximum absolute atomic E-state index is 5.78. The van der Waals surface area contributed by atoms with Crippen molar-refractivity contribution in [3.63, 3.8) is 0 Å². The Morgan fingerprint density at radius 2 is 2.10 bits per heavy atom. The highest BCUT2D eigenvalue weighted by Gasteiger charge is 2.07. The molecule has 1 aromatic heterocycles. The molecule has 0 fully saturated rings. The van der Waals surface area contributed by atoms with Gasteiger partial charge in [0.05, 0.1) is 0 Å². The minimum atomic E-state index is 0.390. The Labute approximate surface area is 69.8 Å². The molecule has 0 atom stereocenters. The molecule has 10 heavy (non-hydrogen) atoms. The first kappa shape index (κ1) is 7.89. The lowest BCUT2D eigenvalue weighted by molar-refractivity contribution is 0.731. The van der Waals surface area contributed by atoms with Gasteiger partial charge < -0.3 is 4.57 Å². The molecule has 0 N–H and O–H groups in total. The van der Waals surface area contributed by atoms with Crippen LogP contribution in [-0.4, -0.2) is 9.55 Å². The van der Waals surface area contributed by atoms with E-state index < -0.39 is 0 Å². The topological polar surface area (TPSA) is 17.8 Å². The second-order valence-electron chi connectivity index (χ2n) is 1.98. The maximum atomic E-state index is 5.78. The van der Waals surface area contributed by atoms with Crippen molar-refractivity contribution in [3.8, 4) is 0 Å². The van der Waals surface area contributed by atoms with Gasteiger partial charge >= 0.3 is 0 Å². The van der Waals surface area contributed by atoms with E-state index in [9.17, 15) is 0 Å². The van der Waals surface area contributed by atoms with Crippen molar-refractivity contribution < 1.29 is 0 Å². The normalized spacial score (nSPS) is 10.4. The number of imidazole rings is 1. The van der Waals surface area contributed by atoms with Crippen molar-refractivity contribution in [3.05, 3.63) is 16.1 Å². The van der Waals surface area contributed by atoms with E-state index in [1.165, 1.54) is 0 Å². The highest BCUT2D eigenvalue weighted by atomic mass is 35.5. The van der Waals surface area contributed by atoms with Crippen molar-refractivity contribution in [2.75, 3.05) is 0 Å². The molecule has 1 heterocycles. The first-order valence-corrected chi connectivity index (χ1v) is 3.80. The lowest BCUT2D eigenvalue weighted by Crippen LogP contribution is -1.96. The molecule has 0 spiro atoms. The van der Waals surface area contributed by atoms with Gasteiger partial charge in [0.15, 0.2) is 5.15 Å². The van der Waals surface area contributed by atoms with Crippen molar-refractivity contribution in [2.45, 2.75) is 20.4 Å². The molecule has 56 valence electrons. The monoisotopic (exact) mass is 178 g/mol.